The van der Waals surface area contributed by atoms with Gasteiger partial charge < -0.3 is 4.57 Å². The first kappa shape index (κ1) is 28.5. The molecule has 0 radical (unpaired) electrons. The van der Waals surface area contributed by atoms with E-state index in [1.807, 2.05) is 73.1 Å². The molecule has 50 heavy (non-hydrogen) atoms. The van der Waals surface area contributed by atoms with E-state index in [2.05, 4.69) is 101 Å². The summed E-state index contributed by atoms with van der Waals surface area (Å²) in [5.74, 6) is 1.94. The van der Waals surface area contributed by atoms with E-state index in [0.717, 1.165) is 43.4 Å². The van der Waals surface area contributed by atoms with Crippen LogP contribution in [0.25, 0.3) is 93.0 Å². The summed E-state index contributed by atoms with van der Waals surface area (Å²) in [6, 6.07) is 52.9. The minimum absolute atomic E-state index is 0.646. The van der Waals surface area contributed by atoms with Gasteiger partial charge in [-0.3, -0.25) is 4.98 Å². The summed E-state index contributed by atoms with van der Waals surface area (Å²) >= 11 is 1.77. The van der Waals surface area contributed by atoms with Gasteiger partial charge in [0.25, 0.3) is 0 Å². The van der Waals surface area contributed by atoms with Crippen molar-refractivity contribution in [2.45, 2.75) is 0 Å². The zero-order chi connectivity index (χ0) is 33.0. The van der Waals surface area contributed by atoms with Crippen LogP contribution in [0.15, 0.2) is 164 Å². The minimum atomic E-state index is 0.646. The molecule has 0 bridgehead atoms. The van der Waals surface area contributed by atoms with E-state index in [1.165, 1.54) is 32.1 Å². The lowest BCUT2D eigenvalue weighted by atomic mass is 9.97. The topological polar surface area (TPSA) is 56.5 Å². The number of benzene rings is 6. The van der Waals surface area contributed by atoms with E-state index >= 15 is 0 Å². The average Bonchev–Trinajstić information content (AvgIpc) is 3.75. The summed E-state index contributed by atoms with van der Waals surface area (Å²) in [5.41, 5.74) is 8.72. The van der Waals surface area contributed by atoms with Crippen molar-refractivity contribution in [1.82, 2.24) is 24.5 Å². The smallest absolute Gasteiger partial charge is 0.164 e. The first-order valence-electron chi connectivity index (χ1n) is 16.6. The summed E-state index contributed by atoms with van der Waals surface area (Å²) in [6.07, 6.45) is 3.83. The SMILES string of the molecule is c1ccc(-c2nc(-c3ccccc3)nc(-c3ccc(-c4ccc5c(c4)c4ccccc4n5-c4ccccc4)c4sc5cnccc5c34)n2)cc1. The van der Waals surface area contributed by atoms with Crippen molar-refractivity contribution in [3.8, 4) is 51.0 Å². The van der Waals surface area contributed by atoms with Gasteiger partial charge in [-0.25, -0.2) is 15.0 Å². The third kappa shape index (κ3) is 4.61. The molecule has 0 unspecified atom stereocenters. The molecule has 6 heteroatoms. The second-order valence-corrected chi connectivity index (χ2v) is 13.3. The van der Waals surface area contributed by atoms with Crippen LogP contribution in [0.2, 0.25) is 0 Å². The fourth-order valence-corrected chi connectivity index (χ4v) is 8.30. The predicted molar refractivity (Wildman–Crippen MR) is 207 cm³/mol. The highest BCUT2D eigenvalue weighted by molar-refractivity contribution is 7.26. The third-order valence-electron chi connectivity index (χ3n) is 9.36. The zero-order valence-electron chi connectivity index (χ0n) is 26.7. The molecule has 0 N–H and O–H groups in total. The quantitative estimate of drug-likeness (QED) is 0.185. The van der Waals surface area contributed by atoms with E-state index in [-0.39, 0.29) is 0 Å². The van der Waals surface area contributed by atoms with Crippen LogP contribution in [0, 0.1) is 0 Å². The highest BCUT2D eigenvalue weighted by Gasteiger charge is 2.21. The Labute approximate surface area is 291 Å². The number of nitrogens with zero attached hydrogens (tertiary/aromatic N) is 5. The van der Waals surface area contributed by atoms with Gasteiger partial charge in [-0.1, -0.05) is 109 Å². The Morgan fingerprint density at radius 1 is 0.460 bits per heavy atom. The Kier molecular flexibility index (Phi) is 6.60. The lowest BCUT2D eigenvalue weighted by Crippen LogP contribution is -2.00. The Morgan fingerprint density at radius 3 is 1.82 bits per heavy atom. The molecule has 10 rings (SSSR count). The molecule has 0 amide bonds. The number of thiophene rings is 1. The molecule has 0 aliphatic rings. The van der Waals surface area contributed by atoms with Crippen LogP contribution >= 0.6 is 11.3 Å². The van der Waals surface area contributed by atoms with Gasteiger partial charge in [-0.15, -0.1) is 11.3 Å². The number of hydrogen-bond acceptors (Lipinski definition) is 5. The summed E-state index contributed by atoms with van der Waals surface area (Å²) in [5, 5.41) is 4.72. The monoisotopic (exact) mass is 657 g/mol. The van der Waals surface area contributed by atoms with Gasteiger partial charge in [0.2, 0.25) is 0 Å². The molecule has 0 atom stereocenters. The van der Waals surface area contributed by atoms with Crippen molar-refractivity contribution in [2.24, 2.45) is 0 Å². The van der Waals surface area contributed by atoms with Crippen molar-refractivity contribution in [1.29, 1.82) is 0 Å². The van der Waals surface area contributed by atoms with E-state index in [4.69, 9.17) is 15.0 Å². The first-order chi connectivity index (χ1) is 24.8. The zero-order valence-corrected chi connectivity index (χ0v) is 27.5. The highest BCUT2D eigenvalue weighted by Crippen LogP contribution is 2.45. The van der Waals surface area contributed by atoms with Gasteiger partial charge in [0.05, 0.1) is 15.7 Å². The van der Waals surface area contributed by atoms with Crippen LogP contribution in [-0.4, -0.2) is 24.5 Å². The fourth-order valence-electron chi connectivity index (χ4n) is 7.07. The summed E-state index contributed by atoms with van der Waals surface area (Å²) in [7, 11) is 0. The van der Waals surface area contributed by atoms with Gasteiger partial charge in [0, 0.05) is 61.0 Å². The van der Waals surface area contributed by atoms with E-state index in [1.54, 1.807) is 11.3 Å². The van der Waals surface area contributed by atoms with Gasteiger partial charge in [-0.2, -0.15) is 0 Å². The van der Waals surface area contributed by atoms with Gasteiger partial charge in [0.15, 0.2) is 17.5 Å². The molecular formula is C44H27N5S. The van der Waals surface area contributed by atoms with E-state index in [0.29, 0.717) is 17.5 Å². The number of fused-ring (bicyclic) bond motifs is 6. The largest absolute Gasteiger partial charge is 0.309 e. The van der Waals surface area contributed by atoms with Crippen LogP contribution < -0.4 is 0 Å². The Morgan fingerprint density at radius 2 is 1.08 bits per heavy atom. The molecule has 0 spiro atoms. The molecule has 4 heterocycles. The molecule has 0 aliphatic carbocycles. The Bertz CT molecular complexity index is 2800. The van der Waals surface area contributed by atoms with Crippen molar-refractivity contribution < 1.29 is 0 Å². The summed E-state index contributed by atoms with van der Waals surface area (Å²) < 4.78 is 4.66. The molecule has 0 fully saturated rings. The van der Waals surface area contributed by atoms with Gasteiger partial charge in [0.1, 0.15) is 0 Å². The van der Waals surface area contributed by atoms with E-state index < -0.39 is 0 Å². The molecule has 0 aliphatic heterocycles. The van der Waals surface area contributed by atoms with Gasteiger partial charge >= 0.3 is 0 Å². The van der Waals surface area contributed by atoms with Crippen LogP contribution in [0.3, 0.4) is 0 Å². The van der Waals surface area contributed by atoms with Crippen LogP contribution in [0.4, 0.5) is 0 Å². The normalized spacial score (nSPS) is 11.6. The summed E-state index contributed by atoms with van der Waals surface area (Å²) in [6.45, 7) is 0. The molecule has 6 aromatic carbocycles. The van der Waals surface area contributed by atoms with Crippen molar-refractivity contribution in [2.75, 3.05) is 0 Å². The molecule has 0 saturated heterocycles. The van der Waals surface area contributed by atoms with E-state index in [9.17, 15) is 0 Å². The molecule has 5 nitrogen and oxygen atoms in total. The second kappa shape index (κ2) is 11.6. The molecule has 234 valence electrons. The number of rotatable bonds is 5. The molecular weight excluding hydrogens is 631 g/mol. The van der Waals surface area contributed by atoms with Crippen LogP contribution in [0.5, 0.6) is 0 Å². The highest BCUT2D eigenvalue weighted by atomic mass is 32.1. The summed E-state index contributed by atoms with van der Waals surface area (Å²) in [4.78, 5) is 19.7. The predicted octanol–water partition coefficient (Wildman–Crippen LogP) is 11.4. The van der Waals surface area contributed by atoms with Crippen molar-refractivity contribution in [3.05, 3.63) is 164 Å². The van der Waals surface area contributed by atoms with Gasteiger partial charge in [-0.05, 0) is 53.6 Å². The third-order valence-corrected chi connectivity index (χ3v) is 10.5. The standard InChI is InChI=1S/C44H27N5S/c1-4-12-28(13-5-1)42-46-43(29-14-6-2-7-15-29)48-44(47-42)35-22-21-32(41-40(35)34-24-25-45-27-39(34)50-41)30-20-23-38-36(26-30)33-18-10-11-19-37(33)49(38)31-16-8-3-9-17-31/h1-27H. The molecule has 4 aromatic heterocycles. The van der Waals surface area contributed by atoms with Crippen LogP contribution in [-0.2, 0) is 0 Å². The maximum atomic E-state index is 5.11. The van der Waals surface area contributed by atoms with Crippen molar-refractivity contribution >= 4 is 53.3 Å². The average molecular weight is 658 g/mol. The van der Waals surface area contributed by atoms with Crippen LogP contribution in [0.1, 0.15) is 0 Å². The molecule has 10 aromatic rings. The number of para-hydroxylation sites is 2. The number of hydrogen-bond donors (Lipinski definition) is 0. The lowest BCUT2D eigenvalue weighted by molar-refractivity contribution is 1.08. The Hall–Kier alpha value is -6.50. The number of aromatic nitrogens is 5. The Balaban J connectivity index is 1.22. The van der Waals surface area contributed by atoms with Crippen molar-refractivity contribution in [3.63, 3.8) is 0 Å². The maximum Gasteiger partial charge on any atom is 0.164 e. The fraction of sp³-hybridized carbons (Fsp3) is 0. The first-order valence-corrected chi connectivity index (χ1v) is 17.4. The maximum absolute atomic E-state index is 5.11. The number of pyridine rings is 1. The minimum Gasteiger partial charge on any atom is -0.309 e. The lowest BCUT2D eigenvalue weighted by Gasteiger charge is -2.12. The molecule has 0 saturated carbocycles. The second-order valence-electron chi connectivity index (χ2n) is 12.3.